The van der Waals surface area contributed by atoms with Crippen LogP contribution in [0.15, 0.2) is 36.4 Å². The molecule has 2 aromatic carbocycles. The van der Waals surface area contributed by atoms with Crippen molar-refractivity contribution in [1.29, 1.82) is 0 Å². The molecule has 0 aliphatic heterocycles. The summed E-state index contributed by atoms with van der Waals surface area (Å²) in [7, 11) is 3.33. The first kappa shape index (κ1) is 14.2. The Bertz CT molecular complexity index is 597. The van der Waals surface area contributed by atoms with Crippen LogP contribution < -0.4 is 16.2 Å². The summed E-state index contributed by atoms with van der Waals surface area (Å²) in [6.07, 6.45) is 0.804. The largest absolute Gasteiger partial charge is 0.497 e. The monoisotopic (exact) mass is 272 g/mol. The summed E-state index contributed by atoms with van der Waals surface area (Å²) in [6.45, 7) is 0.654. The molecular weight excluding hydrogens is 252 g/mol. The Balaban J connectivity index is 2.45. The van der Waals surface area contributed by atoms with Gasteiger partial charge in [-0.1, -0.05) is 12.1 Å². The van der Waals surface area contributed by atoms with Gasteiger partial charge in [0.05, 0.1) is 25.1 Å². The molecule has 0 unspecified atom stereocenters. The quantitative estimate of drug-likeness (QED) is 0.821. The van der Waals surface area contributed by atoms with Crippen molar-refractivity contribution >= 4 is 11.4 Å². The Hall–Kier alpha value is -2.20. The minimum absolute atomic E-state index is 0.594. The average Bonchev–Trinajstić information content (AvgIpc) is 2.48. The molecule has 4 N–H and O–H groups in total. The summed E-state index contributed by atoms with van der Waals surface area (Å²) in [5.74, 6) is 0.794. The molecule has 0 heterocycles. The van der Waals surface area contributed by atoms with E-state index >= 15 is 0 Å². The summed E-state index contributed by atoms with van der Waals surface area (Å²) in [4.78, 5) is 0. The second-order valence-corrected chi connectivity index (χ2v) is 4.62. The van der Waals surface area contributed by atoms with Gasteiger partial charge in [-0.3, -0.25) is 0 Å². The van der Waals surface area contributed by atoms with E-state index in [1.54, 1.807) is 14.2 Å². The number of benzene rings is 2. The van der Waals surface area contributed by atoms with Crippen LogP contribution >= 0.6 is 0 Å². The molecule has 0 radical (unpaired) electrons. The number of nitrogen functional groups attached to an aromatic ring is 2. The van der Waals surface area contributed by atoms with Gasteiger partial charge in [0, 0.05) is 12.7 Å². The van der Waals surface area contributed by atoms with Crippen molar-refractivity contribution < 1.29 is 9.47 Å². The molecule has 0 atom stereocenters. The first-order valence-electron chi connectivity index (χ1n) is 6.47. The summed E-state index contributed by atoms with van der Waals surface area (Å²) < 4.78 is 10.4. The molecular formula is C16H20N2O2. The lowest BCUT2D eigenvalue weighted by molar-refractivity contribution is 0.202. The predicted octanol–water partition coefficient (Wildman–Crippen LogP) is 2.72. The maximum atomic E-state index is 6.11. The molecule has 0 aliphatic carbocycles. The van der Waals surface area contributed by atoms with Crippen molar-refractivity contribution in [2.75, 3.05) is 32.3 Å². The Labute approximate surface area is 119 Å². The first-order chi connectivity index (χ1) is 9.65. The summed E-state index contributed by atoms with van der Waals surface area (Å²) in [5.41, 5.74) is 16.3. The lowest BCUT2D eigenvalue weighted by Crippen LogP contribution is -2.02. The van der Waals surface area contributed by atoms with E-state index in [0.29, 0.717) is 18.0 Å². The van der Waals surface area contributed by atoms with Gasteiger partial charge in [0.1, 0.15) is 5.75 Å². The number of ether oxygens (including phenoxy) is 2. The van der Waals surface area contributed by atoms with Crippen LogP contribution in [0.25, 0.3) is 11.1 Å². The van der Waals surface area contributed by atoms with E-state index in [4.69, 9.17) is 20.9 Å². The molecule has 20 heavy (non-hydrogen) atoms. The number of hydrogen-bond donors (Lipinski definition) is 2. The van der Waals surface area contributed by atoms with Crippen LogP contribution in [0.3, 0.4) is 0 Å². The number of methoxy groups -OCH3 is 2. The molecule has 0 amide bonds. The van der Waals surface area contributed by atoms with Gasteiger partial charge < -0.3 is 20.9 Å². The molecule has 2 aromatic rings. The molecule has 4 nitrogen and oxygen atoms in total. The topological polar surface area (TPSA) is 70.5 Å². The van der Waals surface area contributed by atoms with Gasteiger partial charge in [0.15, 0.2) is 0 Å². The van der Waals surface area contributed by atoms with E-state index in [0.717, 1.165) is 28.9 Å². The van der Waals surface area contributed by atoms with Crippen molar-refractivity contribution in [3.05, 3.63) is 42.0 Å². The average molecular weight is 272 g/mol. The number of rotatable bonds is 5. The highest BCUT2D eigenvalue weighted by atomic mass is 16.5. The SMILES string of the molecule is COCCc1cc(N)c(N)c(-c2cccc(OC)c2)c1. The Morgan fingerprint density at radius 1 is 1.05 bits per heavy atom. The van der Waals surface area contributed by atoms with Crippen molar-refractivity contribution in [2.24, 2.45) is 0 Å². The highest BCUT2D eigenvalue weighted by Crippen LogP contribution is 2.33. The summed E-state index contributed by atoms with van der Waals surface area (Å²) >= 11 is 0. The van der Waals surface area contributed by atoms with Gasteiger partial charge in [-0.15, -0.1) is 0 Å². The maximum absolute atomic E-state index is 6.11. The molecule has 0 saturated heterocycles. The van der Waals surface area contributed by atoms with E-state index < -0.39 is 0 Å². The van der Waals surface area contributed by atoms with E-state index in [2.05, 4.69) is 6.07 Å². The third kappa shape index (κ3) is 3.03. The Kier molecular flexibility index (Phi) is 4.48. The van der Waals surface area contributed by atoms with Crippen LogP contribution in [-0.4, -0.2) is 20.8 Å². The fourth-order valence-electron chi connectivity index (χ4n) is 2.13. The van der Waals surface area contributed by atoms with E-state index in [1.807, 2.05) is 30.3 Å². The van der Waals surface area contributed by atoms with Crippen LogP contribution in [0.1, 0.15) is 5.56 Å². The number of nitrogens with two attached hydrogens (primary N) is 2. The van der Waals surface area contributed by atoms with Crippen LogP contribution in [0.5, 0.6) is 5.75 Å². The van der Waals surface area contributed by atoms with E-state index in [-0.39, 0.29) is 0 Å². The molecule has 106 valence electrons. The number of anilines is 2. The Morgan fingerprint density at radius 2 is 1.85 bits per heavy atom. The molecule has 4 heteroatoms. The fourth-order valence-corrected chi connectivity index (χ4v) is 2.13. The normalized spacial score (nSPS) is 10.5. The molecule has 0 aromatic heterocycles. The highest BCUT2D eigenvalue weighted by Gasteiger charge is 2.09. The smallest absolute Gasteiger partial charge is 0.119 e. The second-order valence-electron chi connectivity index (χ2n) is 4.62. The standard InChI is InChI=1S/C16H20N2O2/c1-19-7-6-11-8-14(16(18)15(17)9-11)12-4-3-5-13(10-12)20-2/h3-5,8-10H,6-7,17-18H2,1-2H3. The highest BCUT2D eigenvalue weighted by molar-refractivity contribution is 5.85. The van der Waals surface area contributed by atoms with Crippen LogP contribution in [0.4, 0.5) is 11.4 Å². The third-order valence-corrected chi connectivity index (χ3v) is 3.25. The Morgan fingerprint density at radius 3 is 2.55 bits per heavy atom. The van der Waals surface area contributed by atoms with Gasteiger partial charge in [0.25, 0.3) is 0 Å². The van der Waals surface area contributed by atoms with E-state index in [9.17, 15) is 0 Å². The van der Waals surface area contributed by atoms with Crippen LogP contribution in [0, 0.1) is 0 Å². The van der Waals surface area contributed by atoms with Crippen molar-refractivity contribution in [3.8, 4) is 16.9 Å². The maximum Gasteiger partial charge on any atom is 0.119 e. The second kappa shape index (κ2) is 6.30. The van der Waals surface area contributed by atoms with Crippen LogP contribution in [-0.2, 0) is 11.2 Å². The lowest BCUT2D eigenvalue weighted by Gasteiger charge is -2.13. The van der Waals surface area contributed by atoms with Gasteiger partial charge in [-0.2, -0.15) is 0 Å². The fraction of sp³-hybridized carbons (Fsp3) is 0.250. The zero-order valence-electron chi connectivity index (χ0n) is 11.8. The number of hydrogen-bond acceptors (Lipinski definition) is 4. The summed E-state index contributed by atoms with van der Waals surface area (Å²) in [5, 5.41) is 0. The van der Waals surface area contributed by atoms with Gasteiger partial charge in [0.2, 0.25) is 0 Å². The van der Waals surface area contributed by atoms with Crippen molar-refractivity contribution in [1.82, 2.24) is 0 Å². The van der Waals surface area contributed by atoms with Crippen molar-refractivity contribution in [2.45, 2.75) is 6.42 Å². The minimum Gasteiger partial charge on any atom is -0.497 e. The zero-order chi connectivity index (χ0) is 14.5. The van der Waals surface area contributed by atoms with E-state index in [1.165, 1.54) is 0 Å². The molecule has 0 saturated carbocycles. The minimum atomic E-state index is 0.594. The zero-order valence-corrected chi connectivity index (χ0v) is 11.8. The molecule has 0 aliphatic rings. The molecule has 0 spiro atoms. The third-order valence-electron chi connectivity index (χ3n) is 3.25. The summed E-state index contributed by atoms with van der Waals surface area (Å²) in [6, 6.07) is 11.7. The first-order valence-corrected chi connectivity index (χ1v) is 6.47. The molecule has 0 bridgehead atoms. The molecule has 2 rings (SSSR count). The predicted molar refractivity (Wildman–Crippen MR) is 82.8 cm³/mol. The van der Waals surface area contributed by atoms with Crippen LogP contribution in [0.2, 0.25) is 0 Å². The molecule has 0 fully saturated rings. The lowest BCUT2D eigenvalue weighted by atomic mass is 9.98. The van der Waals surface area contributed by atoms with Gasteiger partial charge in [-0.05, 0) is 41.8 Å². The van der Waals surface area contributed by atoms with Gasteiger partial charge >= 0.3 is 0 Å². The van der Waals surface area contributed by atoms with Gasteiger partial charge in [-0.25, -0.2) is 0 Å². The van der Waals surface area contributed by atoms with Crippen molar-refractivity contribution in [3.63, 3.8) is 0 Å².